The number of methoxy groups -OCH3 is 1. The number of aryl methyl sites for hydroxylation is 1. The number of hydrogen-bond acceptors (Lipinski definition) is 6. The van der Waals surface area contributed by atoms with Gasteiger partial charge in [-0.25, -0.2) is 0 Å². The van der Waals surface area contributed by atoms with Crippen LogP contribution in [0.2, 0.25) is 0 Å². The quantitative estimate of drug-likeness (QED) is 0.347. The topological polar surface area (TPSA) is 85.3 Å². The molecule has 0 aromatic heterocycles. The fourth-order valence-electron chi connectivity index (χ4n) is 3.90. The zero-order chi connectivity index (χ0) is 24.1. The lowest BCUT2D eigenvalue weighted by molar-refractivity contribution is -0.140. The summed E-state index contributed by atoms with van der Waals surface area (Å²) >= 11 is 0. The normalized spacial score (nSPS) is 17.6. The first kappa shape index (κ1) is 24.3. The molecule has 0 aliphatic carbocycles. The molecule has 1 aliphatic heterocycles. The average Bonchev–Trinajstić information content (AvgIpc) is 3.03. The van der Waals surface area contributed by atoms with Crippen LogP contribution >= 0.6 is 0 Å². The van der Waals surface area contributed by atoms with E-state index in [1.54, 1.807) is 42.5 Å². The second kappa shape index (κ2) is 10.5. The predicted octanol–water partition coefficient (Wildman–Crippen LogP) is 4.25. The van der Waals surface area contributed by atoms with E-state index in [0.29, 0.717) is 29.2 Å². The largest absolute Gasteiger partial charge is 0.507 e. The first-order chi connectivity index (χ1) is 15.8. The van der Waals surface area contributed by atoms with Crippen LogP contribution in [0, 0.1) is 6.92 Å². The Bertz CT molecular complexity index is 1040. The van der Waals surface area contributed by atoms with Gasteiger partial charge in [0.25, 0.3) is 11.7 Å². The van der Waals surface area contributed by atoms with Gasteiger partial charge < -0.3 is 24.2 Å². The van der Waals surface area contributed by atoms with Crippen LogP contribution in [0.25, 0.3) is 5.76 Å². The van der Waals surface area contributed by atoms with Gasteiger partial charge >= 0.3 is 0 Å². The number of carbonyl (C=O) groups is 2. The molecule has 0 radical (unpaired) electrons. The Balaban J connectivity index is 2.09. The predicted molar refractivity (Wildman–Crippen MR) is 125 cm³/mol. The van der Waals surface area contributed by atoms with Gasteiger partial charge in [0, 0.05) is 19.2 Å². The second-order valence-corrected chi connectivity index (χ2v) is 8.13. The van der Waals surface area contributed by atoms with E-state index in [0.717, 1.165) is 5.56 Å². The van der Waals surface area contributed by atoms with Crippen LogP contribution in [-0.2, 0) is 14.3 Å². The van der Waals surface area contributed by atoms with Gasteiger partial charge in [0.15, 0.2) is 0 Å². The van der Waals surface area contributed by atoms with E-state index in [-0.39, 0.29) is 30.6 Å². The SMILES string of the molecule is CCOc1ccc(C2/C(=C(/O)c3ccc(OC(C)C)c(C)c3)C(=O)C(=O)N2CCOC)cc1. The zero-order valence-corrected chi connectivity index (χ0v) is 19.8. The van der Waals surface area contributed by atoms with Gasteiger partial charge in [0.05, 0.1) is 30.9 Å². The Morgan fingerprint density at radius 1 is 1.12 bits per heavy atom. The van der Waals surface area contributed by atoms with Crippen LogP contribution in [-0.4, -0.2) is 54.7 Å². The molecule has 2 aromatic rings. The second-order valence-electron chi connectivity index (χ2n) is 8.13. The molecule has 7 nitrogen and oxygen atoms in total. The summed E-state index contributed by atoms with van der Waals surface area (Å²) < 4.78 is 16.4. The maximum Gasteiger partial charge on any atom is 0.295 e. The van der Waals surface area contributed by atoms with Crippen LogP contribution in [0.15, 0.2) is 48.0 Å². The van der Waals surface area contributed by atoms with Gasteiger partial charge in [-0.15, -0.1) is 0 Å². The van der Waals surface area contributed by atoms with Crippen molar-refractivity contribution in [2.24, 2.45) is 0 Å². The number of Topliss-reactive ketones (excluding diaryl/α,β-unsaturated/α-hetero) is 1. The number of aliphatic hydroxyl groups excluding tert-OH is 1. The molecule has 2 aromatic carbocycles. The fourth-order valence-corrected chi connectivity index (χ4v) is 3.90. The molecule has 0 bridgehead atoms. The summed E-state index contributed by atoms with van der Waals surface area (Å²) in [5.74, 6) is -0.213. The number of rotatable bonds is 9. The number of nitrogens with zero attached hydrogens (tertiary/aromatic N) is 1. The highest BCUT2D eigenvalue weighted by Crippen LogP contribution is 2.40. The summed E-state index contributed by atoms with van der Waals surface area (Å²) in [6, 6.07) is 11.7. The van der Waals surface area contributed by atoms with E-state index in [4.69, 9.17) is 14.2 Å². The van der Waals surface area contributed by atoms with Crippen LogP contribution in [0.5, 0.6) is 11.5 Å². The first-order valence-corrected chi connectivity index (χ1v) is 11.1. The Kier molecular flexibility index (Phi) is 7.76. The fraction of sp³-hybridized carbons (Fsp3) is 0.385. The van der Waals surface area contributed by atoms with Crippen LogP contribution in [0.4, 0.5) is 0 Å². The van der Waals surface area contributed by atoms with Crippen molar-refractivity contribution in [2.75, 3.05) is 26.9 Å². The number of likely N-dealkylation sites (tertiary alicyclic amines) is 1. The summed E-state index contributed by atoms with van der Waals surface area (Å²) in [6.07, 6.45) is 0.00826. The maximum absolute atomic E-state index is 13.0. The summed E-state index contributed by atoms with van der Waals surface area (Å²) in [5, 5.41) is 11.2. The van der Waals surface area contributed by atoms with Crippen LogP contribution < -0.4 is 9.47 Å². The Hall–Kier alpha value is -3.32. The van der Waals surface area contributed by atoms with Crippen molar-refractivity contribution in [1.82, 2.24) is 4.90 Å². The van der Waals surface area contributed by atoms with Crippen molar-refractivity contribution in [3.63, 3.8) is 0 Å². The molecule has 1 N–H and O–H groups in total. The molecule has 1 saturated heterocycles. The van der Waals surface area contributed by atoms with Crippen molar-refractivity contribution >= 4 is 17.4 Å². The van der Waals surface area contributed by atoms with Crippen LogP contribution in [0.1, 0.15) is 43.5 Å². The van der Waals surface area contributed by atoms with Crippen molar-refractivity contribution < 1.29 is 28.9 Å². The highest BCUT2D eigenvalue weighted by Gasteiger charge is 2.45. The lowest BCUT2D eigenvalue weighted by Crippen LogP contribution is -2.32. The minimum Gasteiger partial charge on any atom is -0.507 e. The van der Waals surface area contributed by atoms with Gasteiger partial charge in [-0.3, -0.25) is 9.59 Å². The van der Waals surface area contributed by atoms with Gasteiger partial charge in [-0.2, -0.15) is 0 Å². The van der Waals surface area contributed by atoms with Crippen molar-refractivity contribution in [1.29, 1.82) is 0 Å². The number of hydrogen-bond donors (Lipinski definition) is 1. The standard InChI is InChI=1S/C26H31NO6/c1-6-32-20-10-7-18(8-11-20)23-22(25(29)26(30)27(23)13-14-31-5)24(28)19-9-12-21(17(4)15-19)33-16(2)3/h7-12,15-16,23,28H,6,13-14H2,1-5H3/b24-22-. The molecule has 0 spiro atoms. The minimum absolute atomic E-state index is 0.00826. The summed E-state index contributed by atoms with van der Waals surface area (Å²) in [6.45, 7) is 8.65. The van der Waals surface area contributed by atoms with Crippen LogP contribution in [0.3, 0.4) is 0 Å². The van der Waals surface area contributed by atoms with Gasteiger partial charge in [0.1, 0.15) is 17.3 Å². The number of ether oxygens (including phenoxy) is 3. The molecule has 176 valence electrons. The Labute approximate surface area is 194 Å². The number of benzene rings is 2. The van der Waals surface area contributed by atoms with Gasteiger partial charge in [0.2, 0.25) is 0 Å². The highest BCUT2D eigenvalue weighted by molar-refractivity contribution is 6.46. The number of aliphatic hydroxyl groups is 1. The van der Waals surface area contributed by atoms with E-state index in [2.05, 4.69) is 0 Å². The van der Waals surface area contributed by atoms with E-state index in [1.807, 2.05) is 27.7 Å². The van der Waals surface area contributed by atoms with E-state index < -0.39 is 17.7 Å². The third kappa shape index (κ3) is 5.20. The van der Waals surface area contributed by atoms with E-state index in [9.17, 15) is 14.7 Å². The molecule has 1 aliphatic rings. The summed E-state index contributed by atoms with van der Waals surface area (Å²) in [7, 11) is 1.53. The molecule has 1 atom stereocenters. The van der Waals surface area contributed by atoms with Crippen molar-refractivity contribution in [3.05, 3.63) is 64.7 Å². The third-order valence-corrected chi connectivity index (χ3v) is 5.39. The minimum atomic E-state index is -0.734. The van der Waals surface area contributed by atoms with Crippen molar-refractivity contribution in [3.8, 4) is 11.5 Å². The molecular formula is C26H31NO6. The molecule has 1 heterocycles. The smallest absolute Gasteiger partial charge is 0.295 e. The summed E-state index contributed by atoms with van der Waals surface area (Å²) in [4.78, 5) is 27.4. The number of ketones is 1. The molecule has 0 saturated carbocycles. The molecule has 3 rings (SSSR count). The summed E-state index contributed by atoms with van der Waals surface area (Å²) in [5.41, 5.74) is 2.02. The number of carbonyl (C=O) groups excluding carboxylic acids is 2. The molecule has 33 heavy (non-hydrogen) atoms. The number of amides is 1. The lowest BCUT2D eigenvalue weighted by Gasteiger charge is -2.25. The highest BCUT2D eigenvalue weighted by atomic mass is 16.5. The Morgan fingerprint density at radius 2 is 1.82 bits per heavy atom. The Morgan fingerprint density at radius 3 is 2.39 bits per heavy atom. The molecule has 1 unspecified atom stereocenters. The molecule has 7 heteroatoms. The molecule has 1 fully saturated rings. The molecular weight excluding hydrogens is 422 g/mol. The van der Waals surface area contributed by atoms with Crippen molar-refractivity contribution in [2.45, 2.75) is 39.8 Å². The van der Waals surface area contributed by atoms with Gasteiger partial charge in [-0.1, -0.05) is 12.1 Å². The van der Waals surface area contributed by atoms with E-state index in [1.165, 1.54) is 12.0 Å². The van der Waals surface area contributed by atoms with E-state index >= 15 is 0 Å². The average molecular weight is 454 g/mol. The molecule has 1 amide bonds. The lowest BCUT2D eigenvalue weighted by atomic mass is 9.94. The van der Waals surface area contributed by atoms with Gasteiger partial charge in [-0.05, 0) is 69.2 Å². The monoisotopic (exact) mass is 453 g/mol. The first-order valence-electron chi connectivity index (χ1n) is 11.1. The zero-order valence-electron chi connectivity index (χ0n) is 19.8. The third-order valence-electron chi connectivity index (χ3n) is 5.39. The maximum atomic E-state index is 13.0.